The van der Waals surface area contributed by atoms with Crippen molar-refractivity contribution in [2.75, 3.05) is 0 Å². The molecular weight excluding hydrogens is 226 g/mol. The number of furan rings is 2. The Morgan fingerprint density at radius 1 is 1.35 bits per heavy atom. The molecule has 0 aliphatic carbocycles. The summed E-state index contributed by atoms with van der Waals surface area (Å²) in [4.78, 5) is 21.0. The van der Waals surface area contributed by atoms with E-state index in [0.29, 0.717) is 0 Å². The zero-order valence-corrected chi connectivity index (χ0v) is 8.38. The van der Waals surface area contributed by atoms with Gasteiger partial charge in [0.2, 0.25) is 0 Å². The van der Waals surface area contributed by atoms with Gasteiger partial charge >= 0.3 is 5.88 Å². The normalized spacial score (nSPS) is 9.41. The Morgan fingerprint density at radius 2 is 2.18 bits per heavy atom. The van der Waals surface area contributed by atoms with Crippen LogP contribution < -0.4 is 0 Å². The van der Waals surface area contributed by atoms with E-state index < -0.39 is 16.6 Å². The second-order valence-corrected chi connectivity index (χ2v) is 2.95. The van der Waals surface area contributed by atoms with Crippen LogP contribution in [0.3, 0.4) is 0 Å². The Hall–Kier alpha value is -2.81. The van der Waals surface area contributed by atoms with Crippen molar-refractivity contribution in [3.63, 3.8) is 0 Å². The molecule has 6 nitrogen and oxygen atoms in total. The van der Waals surface area contributed by atoms with Crippen LogP contribution in [0.2, 0.25) is 0 Å². The molecule has 0 unspecified atom stereocenters. The molecule has 84 valence electrons. The second-order valence-electron chi connectivity index (χ2n) is 2.95. The minimum absolute atomic E-state index is 0.0524. The number of hydrogen-bond donors (Lipinski definition) is 0. The van der Waals surface area contributed by atoms with Crippen LogP contribution in [-0.2, 0) is 0 Å². The standard InChI is InChI=1S/C11H5NO5/c13-9(10-2-1-7-16-10)5-3-8-4-6-11(17-8)12(14)15/h1-2,4,6-7H. The van der Waals surface area contributed by atoms with Crippen LogP contribution in [0, 0.1) is 22.0 Å². The van der Waals surface area contributed by atoms with Crippen molar-refractivity contribution in [1.29, 1.82) is 0 Å². The fourth-order valence-electron chi connectivity index (χ4n) is 1.08. The van der Waals surface area contributed by atoms with Crippen molar-refractivity contribution >= 4 is 11.7 Å². The average Bonchev–Trinajstić information content (AvgIpc) is 2.97. The molecule has 0 bridgehead atoms. The molecule has 0 radical (unpaired) electrons. The van der Waals surface area contributed by atoms with Crippen molar-refractivity contribution in [1.82, 2.24) is 0 Å². The number of hydrogen-bond acceptors (Lipinski definition) is 5. The minimum Gasteiger partial charge on any atom is -0.460 e. The molecule has 17 heavy (non-hydrogen) atoms. The lowest BCUT2D eigenvalue weighted by molar-refractivity contribution is -0.402. The first-order chi connectivity index (χ1) is 8.16. The van der Waals surface area contributed by atoms with Crippen LogP contribution in [-0.4, -0.2) is 10.7 Å². The fourth-order valence-corrected chi connectivity index (χ4v) is 1.08. The van der Waals surface area contributed by atoms with Gasteiger partial charge < -0.3 is 8.83 Å². The molecule has 0 aliphatic heterocycles. The molecule has 0 aromatic carbocycles. The van der Waals surface area contributed by atoms with Gasteiger partial charge in [0.05, 0.1) is 12.3 Å². The van der Waals surface area contributed by atoms with Gasteiger partial charge in [-0.1, -0.05) is 0 Å². The Bertz CT molecular complexity index is 612. The lowest BCUT2D eigenvalue weighted by Crippen LogP contribution is -1.91. The summed E-state index contributed by atoms with van der Waals surface area (Å²) in [6.07, 6.45) is 1.35. The predicted octanol–water partition coefficient (Wildman–Crippen LogP) is 2.02. The molecule has 0 fully saturated rings. The summed E-state index contributed by atoms with van der Waals surface area (Å²) in [5, 5.41) is 10.3. The van der Waals surface area contributed by atoms with Crippen molar-refractivity contribution in [3.05, 3.63) is 52.2 Å². The highest BCUT2D eigenvalue weighted by Gasteiger charge is 2.10. The van der Waals surface area contributed by atoms with Gasteiger partial charge in [-0.05, 0) is 24.0 Å². The van der Waals surface area contributed by atoms with Crippen molar-refractivity contribution in [2.45, 2.75) is 0 Å². The second kappa shape index (κ2) is 4.37. The first kappa shape index (κ1) is 10.7. The van der Waals surface area contributed by atoms with E-state index in [2.05, 4.69) is 11.8 Å². The van der Waals surface area contributed by atoms with E-state index in [1.165, 1.54) is 24.5 Å². The zero-order chi connectivity index (χ0) is 12.3. The van der Waals surface area contributed by atoms with Crippen LogP contribution in [0.1, 0.15) is 16.3 Å². The zero-order valence-electron chi connectivity index (χ0n) is 8.38. The van der Waals surface area contributed by atoms with Gasteiger partial charge in [0.25, 0.3) is 5.78 Å². The third-order valence-corrected chi connectivity index (χ3v) is 1.82. The van der Waals surface area contributed by atoms with Gasteiger partial charge in [-0.15, -0.1) is 0 Å². The Labute approximate surface area is 95.0 Å². The quantitative estimate of drug-likeness (QED) is 0.341. The smallest absolute Gasteiger partial charge is 0.434 e. The average molecular weight is 231 g/mol. The third kappa shape index (κ3) is 2.41. The monoisotopic (exact) mass is 231 g/mol. The fraction of sp³-hybridized carbons (Fsp3) is 0. The Kier molecular flexibility index (Phi) is 2.75. The van der Waals surface area contributed by atoms with E-state index >= 15 is 0 Å². The summed E-state index contributed by atoms with van der Waals surface area (Å²) in [6, 6.07) is 5.52. The van der Waals surface area contributed by atoms with E-state index in [0.717, 1.165) is 0 Å². The summed E-state index contributed by atoms with van der Waals surface area (Å²) in [6.45, 7) is 0. The van der Waals surface area contributed by atoms with Crippen molar-refractivity contribution in [3.8, 4) is 11.8 Å². The Morgan fingerprint density at radius 3 is 2.76 bits per heavy atom. The van der Waals surface area contributed by atoms with E-state index in [1.54, 1.807) is 6.07 Å². The van der Waals surface area contributed by atoms with Crippen LogP contribution in [0.15, 0.2) is 39.4 Å². The number of nitro groups is 1. The van der Waals surface area contributed by atoms with E-state index in [-0.39, 0.29) is 11.5 Å². The molecule has 0 spiro atoms. The van der Waals surface area contributed by atoms with E-state index in [1.807, 2.05) is 0 Å². The molecule has 2 aromatic rings. The predicted molar refractivity (Wildman–Crippen MR) is 55.3 cm³/mol. The number of carbonyl (C=O) groups is 1. The van der Waals surface area contributed by atoms with Crippen LogP contribution in [0.25, 0.3) is 0 Å². The lowest BCUT2D eigenvalue weighted by atomic mass is 10.3. The third-order valence-electron chi connectivity index (χ3n) is 1.82. The van der Waals surface area contributed by atoms with Crippen LogP contribution >= 0.6 is 0 Å². The van der Waals surface area contributed by atoms with Gasteiger partial charge in [-0.3, -0.25) is 14.9 Å². The SMILES string of the molecule is O=C(C#Cc1ccc([N+](=O)[O-])o1)c1ccco1. The number of rotatable bonds is 2. The van der Waals surface area contributed by atoms with Gasteiger partial charge in [-0.2, -0.15) is 0 Å². The van der Waals surface area contributed by atoms with Gasteiger partial charge in [0.15, 0.2) is 11.5 Å². The van der Waals surface area contributed by atoms with Crippen LogP contribution in [0.5, 0.6) is 0 Å². The number of Topliss-reactive ketones (excluding diaryl/α,β-unsaturated/α-hetero) is 1. The van der Waals surface area contributed by atoms with E-state index in [9.17, 15) is 14.9 Å². The molecular formula is C11H5NO5. The summed E-state index contributed by atoms with van der Waals surface area (Å²) in [5.41, 5.74) is 0. The highest BCUT2D eigenvalue weighted by atomic mass is 16.6. The summed E-state index contributed by atoms with van der Waals surface area (Å²) in [5.74, 6) is 3.86. The first-order valence-electron chi connectivity index (χ1n) is 4.51. The summed E-state index contributed by atoms with van der Waals surface area (Å²) >= 11 is 0. The first-order valence-corrected chi connectivity index (χ1v) is 4.51. The number of carbonyl (C=O) groups excluding carboxylic acids is 1. The molecule has 0 saturated carbocycles. The number of ketones is 1. The molecule has 0 aliphatic rings. The van der Waals surface area contributed by atoms with Crippen molar-refractivity contribution < 1.29 is 18.6 Å². The number of nitrogens with zero attached hydrogens (tertiary/aromatic N) is 1. The largest absolute Gasteiger partial charge is 0.460 e. The molecule has 6 heteroatoms. The van der Waals surface area contributed by atoms with Gasteiger partial charge in [-0.25, -0.2) is 0 Å². The maximum atomic E-state index is 11.4. The van der Waals surface area contributed by atoms with Crippen LogP contribution in [0.4, 0.5) is 5.88 Å². The molecule has 2 rings (SSSR count). The molecule has 0 N–H and O–H groups in total. The van der Waals surface area contributed by atoms with Gasteiger partial charge in [0, 0.05) is 6.07 Å². The van der Waals surface area contributed by atoms with Gasteiger partial charge in [0.1, 0.15) is 4.92 Å². The molecule has 0 amide bonds. The summed E-state index contributed by atoms with van der Waals surface area (Å²) < 4.78 is 9.59. The maximum absolute atomic E-state index is 11.4. The molecule has 2 aromatic heterocycles. The Balaban J connectivity index is 2.16. The molecule has 0 atom stereocenters. The molecule has 0 saturated heterocycles. The molecule has 2 heterocycles. The summed E-state index contributed by atoms with van der Waals surface area (Å²) in [7, 11) is 0. The lowest BCUT2D eigenvalue weighted by Gasteiger charge is -1.83. The van der Waals surface area contributed by atoms with Crippen molar-refractivity contribution in [2.24, 2.45) is 0 Å². The minimum atomic E-state index is -0.681. The highest BCUT2D eigenvalue weighted by Crippen LogP contribution is 2.14. The van der Waals surface area contributed by atoms with E-state index in [4.69, 9.17) is 8.83 Å². The topological polar surface area (TPSA) is 86.5 Å². The highest BCUT2D eigenvalue weighted by molar-refractivity contribution is 6.07. The maximum Gasteiger partial charge on any atom is 0.434 e.